The van der Waals surface area contributed by atoms with E-state index in [1.807, 2.05) is 30.5 Å². The van der Waals surface area contributed by atoms with Crippen LogP contribution in [0.4, 0.5) is 0 Å². The molecule has 2 aromatic carbocycles. The van der Waals surface area contributed by atoms with Gasteiger partial charge in [0.05, 0.1) is 30.6 Å². The molecule has 2 aromatic heterocycles. The lowest BCUT2D eigenvalue weighted by Gasteiger charge is -2.06. The van der Waals surface area contributed by atoms with Gasteiger partial charge in [0.15, 0.2) is 0 Å². The van der Waals surface area contributed by atoms with E-state index in [2.05, 4.69) is 5.32 Å². The highest BCUT2D eigenvalue weighted by Crippen LogP contribution is 2.30. The Morgan fingerprint density at radius 3 is 2.69 bits per heavy atom. The Kier molecular flexibility index (Phi) is 6.11. The van der Waals surface area contributed by atoms with Gasteiger partial charge in [0.1, 0.15) is 0 Å². The fourth-order valence-electron chi connectivity index (χ4n) is 3.94. The van der Waals surface area contributed by atoms with Gasteiger partial charge in [0.25, 0.3) is 5.91 Å². The van der Waals surface area contributed by atoms with Crippen molar-refractivity contribution in [3.8, 4) is 0 Å². The van der Waals surface area contributed by atoms with Gasteiger partial charge in [0.2, 0.25) is 0 Å². The molecule has 0 saturated heterocycles. The van der Waals surface area contributed by atoms with Gasteiger partial charge in [-0.3, -0.25) is 18.7 Å². The van der Waals surface area contributed by atoms with Crippen molar-refractivity contribution < 1.29 is 19.8 Å². The molecule has 0 unspecified atom stereocenters. The van der Waals surface area contributed by atoms with Gasteiger partial charge in [-0.2, -0.15) is 0 Å². The normalized spacial score (nSPS) is 11.3. The highest BCUT2D eigenvalue weighted by atomic mass is 32.1. The molecule has 0 aliphatic rings. The smallest absolute Gasteiger partial charge is 0.329 e. The van der Waals surface area contributed by atoms with Crippen LogP contribution in [0.1, 0.15) is 27.9 Å². The molecular formula is C23H23N3O5S. The molecule has 32 heavy (non-hydrogen) atoms. The first-order valence-electron chi connectivity index (χ1n) is 10.2. The van der Waals surface area contributed by atoms with Crippen molar-refractivity contribution in [2.45, 2.75) is 26.4 Å². The van der Waals surface area contributed by atoms with Crippen molar-refractivity contribution >= 4 is 44.3 Å². The van der Waals surface area contributed by atoms with Gasteiger partial charge in [-0.1, -0.05) is 12.1 Å². The molecular weight excluding hydrogens is 430 g/mol. The van der Waals surface area contributed by atoms with Crippen molar-refractivity contribution in [1.82, 2.24) is 14.5 Å². The molecule has 0 radical (unpaired) electrons. The zero-order valence-corrected chi connectivity index (χ0v) is 18.3. The first kappa shape index (κ1) is 21.8. The van der Waals surface area contributed by atoms with E-state index in [-0.39, 0.29) is 37.7 Å². The Hall–Kier alpha value is -3.43. The molecule has 9 heteroatoms. The summed E-state index contributed by atoms with van der Waals surface area (Å²) in [6, 6.07) is 11.0. The van der Waals surface area contributed by atoms with E-state index in [9.17, 15) is 14.4 Å². The fourth-order valence-corrected chi connectivity index (χ4v) is 4.97. The van der Waals surface area contributed by atoms with Crippen LogP contribution in [0.25, 0.3) is 21.1 Å². The van der Waals surface area contributed by atoms with E-state index >= 15 is 0 Å². The van der Waals surface area contributed by atoms with E-state index < -0.39 is 5.97 Å². The van der Waals surface area contributed by atoms with Crippen molar-refractivity contribution in [3.63, 3.8) is 0 Å². The number of benzene rings is 2. The number of carboxylic acids is 1. The van der Waals surface area contributed by atoms with Gasteiger partial charge in [0, 0.05) is 28.7 Å². The molecule has 4 aromatic rings. The number of carboxylic acid groups (broad SMARTS) is 1. The predicted octanol–water partition coefficient (Wildman–Crippen LogP) is 2.57. The minimum Gasteiger partial charge on any atom is -0.481 e. The molecule has 0 atom stereocenters. The van der Waals surface area contributed by atoms with E-state index in [1.165, 1.54) is 4.57 Å². The second-order valence-electron chi connectivity index (χ2n) is 7.56. The van der Waals surface area contributed by atoms with E-state index in [0.29, 0.717) is 23.1 Å². The monoisotopic (exact) mass is 453 g/mol. The molecule has 0 saturated carbocycles. The Labute approximate surface area is 187 Å². The molecule has 0 spiro atoms. The van der Waals surface area contributed by atoms with Crippen molar-refractivity contribution in [2.24, 2.45) is 0 Å². The number of rotatable bonds is 8. The maximum Gasteiger partial charge on any atom is 0.329 e. The van der Waals surface area contributed by atoms with Gasteiger partial charge < -0.3 is 15.5 Å². The standard InChI is InChI=1S/C23H23N3O5S/c1-14-3-2-4-19-21(14)16(13-32-19)12-26-17-6-5-15(22(30)24-8-10-27)11-18(17)25(23(26)31)9-7-20(28)29/h2-6,11,13,27H,7-10,12H2,1H3,(H,24,30)(H,28,29). The number of aliphatic hydroxyl groups excluding tert-OH is 1. The molecule has 0 aliphatic carbocycles. The molecule has 2 heterocycles. The quantitative estimate of drug-likeness (QED) is 0.380. The predicted molar refractivity (Wildman–Crippen MR) is 124 cm³/mol. The maximum atomic E-state index is 13.3. The van der Waals surface area contributed by atoms with Gasteiger partial charge >= 0.3 is 11.7 Å². The van der Waals surface area contributed by atoms with Crippen molar-refractivity contribution in [3.05, 3.63) is 69.0 Å². The lowest BCUT2D eigenvalue weighted by molar-refractivity contribution is -0.137. The fraction of sp³-hybridized carbons (Fsp3) is 0.261. The Morgan fingerprint density at radius 2 is 1.94 bits per heavy atom. The van der Waals surface area contributed by atoms with E-state index in [1.54, 1.807) is 34.1 Å². The van der Waals surface area contributed by atoms with Crippen LogP contribution < -0.4 is 11.0 Å². The van der Waals surface area contributed by atoms with Crippen LogP contribution in [-0.4, -0.2) is 44.4 Å². The summed E-state index contributed by atoms with van der Waals surface area (Å²) in [6.07, 6.45) is -0.208. The van der Waals surface area contributed by atoms with Crippen molar-refractivity contribution in [1.29, 1.82) is 0 Å². The van der Waals surface area contributed by atoms with Gasteiger partial charge in [-0.15, -0.1) is 11.3 Å². The van der Waals surface area contributed by atoms with E-state index in [0.717, 1.165) is 21.2 Å². The van der Waals surface area contributed by atoms with Crippen LogP contribution in [0.3, 0.4) is 0 Å². The number of aliphatic carboxylic acids is 1. The van der Waals surface area contributed by atoms with Gasteiger partial charge in [-0.25, -0.2) is 4.79 Å². The summed E-state index contributed by atoms with van der Waals surface area (Å²) < 4.78 is 4.18. The average molecular weight is 454 g/mol. The Morgan fingerprint density at radius 1 is 1.12 bits per heavy atom. The lowest BCUT2D eigenvalue weighted by atomic mass is 10.1. The first-order chi connectivity index (χ1) is 15.4. The highest BCUT2D eigenvalue weighted by molar-refractivity contribution is 7.17. The third-order valence-electron chi connectivity index (χ3n) is 5.44. The molecule has 0 bridgehead atoms. The zero-order valence-electron chi connectivity index (χ0n) is 17.5. The second-order valence-corrected chi connectivity index (χ2v) is 8.47. The third-order valence-corrected chi connectivity index (χ3v) is 6.44. The SMILES string of the molecule is Cc1cccc2scc(Cn3c(=O)n(CCC(=O)O)c4cc(C(=O)NCCO)ccc43)c12. The molecule has 8 nitrogen and oxygen atoms in total. The van der Waals surface area contributed by atoms with E-state index in [4.69, 9.17) is 10.2 Å². The molecule has 3 N–H and O–H groups in total. The summed E-state index contributed by atoms with van der Waals surface area (Å²) in [5.74, 6) is -1.38. The summed E-state index contributed by atoms with van der Waals surface area (Å²) in [5, 5.41) is 23.8. The topological polar surface area (TPSA) is 114 Å². The van der Waals surface area contributed by atoms with Crippen LogP contribution in [0.2, 0.25) is 0 Å². The van der Waals surface area contributed by atoms with Crippen LogP contribution in [0.5, 0.6) is 0 Å². The number of nitrogens with zero attached hydrogens (tertiary/aromatic N) is 2. The lowest BCUT2D eigenvalue weighted by Crippen LogP contribution is -2.26. The number of carbonyl (C=O) groups is 2. The number of fused-ring (bicyclic) bond motifs is 2. The largest absolute Gasteiger partial charge is 0.481 e. The summed E-state index contributed by atoms with van der Waals surface area (Å²) >= 11 is 1.62. The number of hydrogen-bond donors (Lipinski definition) is 3. The molecule has 166 valence electrons. The van der Waals surface area contributed by atoms with Crippen LogP contribution in [0.15, 0.2) is 46.6 Å². The number of carbonyl (C=O) groups excluding carboxylic acids is 1. The van der Waals surface area contributed by atoms with Crippen molar-refractivity contribution in [2.75, 3.05) is 13.2 Å². The Bertz CT molecular complexity index is 1380. The average Bonchev–Trinajstić information content (AvgIpc) is 3.30. The first-order valence-corrected chi connectivity index (χ1v) is 11.1. The number of hydrogen-bond acceptors (Lipinski definition) is 5. The highest BCUT2D eigenvalue weighted by Gasteiger charge is 2.18. The number of aryl methyl sites for hydroxylation is 2. The Balaban J connectivity index is 1.82. The molecule has 4 rings (SSSR count). The summed E-state index contributed by atoms with van der Waals surface area (Å²) in [4.78, 5) is 36.8. The molecule has 1 amide bonds. The van der Waals surface area contributed by atoms with Gasteiger partial charge in [-0.05, 0) is 47.7 Å². The number of aromatic nitrogens is 2. The maximum absolute atomic E-state index is 13.3. The zero-order chi connectivity index (χ0) is 22.8. The number of imidazole rings is 1. The van der Waals surface area contributed by atoms with Crippen LogP contribution in [-0.2, 0) is 17.9 Å². The summed E-state index contributed by atoms with van der Waals surface area (Å²) in [5.41, 5.74) is 3.30. The molecule has 0 aliphatic heterocycles. The summed E-state index contributed by atoms with van der Waals surface area (Å²) in [7, 11) is 0. The number of aliphatic hydroxyl groups is 1. The van der Waals surface area contributed by atoms with Crippen LogP contribution >= 0.6 is 11.3 Å². The summed E-state index contributed by atoms with van der Waals surface area (Å²) in [6.45, 7) is 2.32. The number of amides is 1. The van der Waals surface area contributed by atoms with Crippen LogP contribution in [0, 0.1) is 6.92 Å². The number of nitrogens with one attached hydrogen (secondary N) is 1. The second kappa shape index (κ2) is 8.97. The minimum absolute atomic E-state index is 0.00277. The minimum atomic E-state index is -1.01. The molecule has 0 fully saturated rings. The number of thiophene rings is 1. The third kappa shape index (κ3) is 4.04.